The van der Waals surface area contributed by atoms with Crippen LogP contribution in [0.15, 0.2) is 47.6 Å². The molecule has 0 heterocycles. The Morgan fingerprint density at radius 3 is 2.08 bits per heavy atom. The van der Waals surface area contributed by atoms with Crippen molar-refractivity contribution < 1.29 is 30.0 Å². The van der Waals surface area contributed by atoms with Crippen LogP contribution in [0.1, 0.15) is 90.9 Å². The molecule has 1 rings (SSSR count). The minimum Gasteiger partial charge on any atom is -0.481 e. The maximum absolute atomic E-state index is 12.5. The topological polar surface area (TPSA) is 115 Å². The number of aliphatic carboxylic acids is 2. The van der Waals surface area contributed by atoms with E-state index in [-0.39, 0.29) is 19.1 Å². The Kier molecular flexibility index (Phi) is 16.8. The van der Waals surface area contributed by atoms with Crippen LogP contribution in [0.3, 0.4) is 0 Å². The summed E-state index contributed by atoms with van der Waals surface area (Å²) in [6.07, 6.45) is 22.8. The van der Waals surface area contributed by atoms with Gasteiger partial charge in [-0.1, -0.05) is 102 Å². The van der Waals surface area contributed by atoms with Crippen molar-refractivity contribution in [3.8, 4) is 0 Å². The molecule has 0 aromatic rings. The highest BCUT2D eigenvalue weighted by Gasteiger charge is 2.41. The lowest BCUT2D eigenvalue weighted by Gasteiger charge is -2.38. The molecule has 6 heteroatoms. The lowest BCUT2D eigenvalue weighted by Crippen LogP contribution is -2.38. The minimum atomic E-state index is -1.12. The van der Waals surface area contributed by atoms with Crippen LogP contribution in [0.25, 0.3) is 0 Å². The van der Waals surface area contributed by atoms with Gasteiger partial charge < -0.3 is 20.4 Å². The Bertz CT molecular complexity index is 763. The van der Waals surface area contributed by atoms with Crippen molar-refractivity contribution in [3.05, 3.63) is 47.6 Å². The molecule has 0 aromatic carbocycles. The number of rotatable bonds is 19. The number of aliphatic hydroxyl groups excluding tert-OH is 2. The molecule has 6 nitrogen and oxygen atoms in total. The normalized spacial score (nSPS) is 22.9. The molecule has 0 spiro atoms. The first-order chi connectivity index (χ1) is 17.4. The first kappa shape index (κ1) is 31.8. The lowest BCUT2D eigenvalue weighted by atomic mass is 9.65. The summed E-state index contributed by atoms with van der Waals surface area (Å²) in [5.74, 6) is -4.21. The Morgan fingerprint density at radius 2 is 1.53 bits per heavy atom. The zero-order valence-electron chi connectivity index (χ0n) is 22.3. The molecule has 0 saturated carbocycles. The van der Waals surface area contributed by atoms with Crippen LogP contribution < -0.4 is 0 Å². The second kappa shape index (κ2) is 19.0. The number of carbonyl (C=O) groups is 2. The Morgan fingerprint density at radius 1 is 0.889 bits per heavy atom. The predicted molar refractivity (Wildman–Crippen MR) is 145 cm³/mol. The summed E-state index contributed by atoms with van der Waals surface area (Å²) >= 11 is 0. The van der Waals surface area contributed by atoms with Gasteiger partial charge in [-0.15, -0.1) is 0 Å². The first-order valence-electron chi connectivity index (χ1n) is 13.8. The van der Waals surface area contributed by atoms with Crippen LogP contribution >= 0.6 is 0 Å². The largest absolute Gasteiger partial charge is 0.481 e. The quantitative estimate of drug-likeness (QED) is 0.0710. The van der Waals surface area contributed by atoms with Gasteiger partial charge in [0.2, 0.25) is 0 Å². The zero-order chi connectivity index (χ0) is 26.8. The molecule has 1 aliphatic carbocycles. The molecule has 0 fully saturated rings. The molecule has 0 bridgehead atoms. The second-order valence-corrected chi connectivity index (χ2v) is 9.94. The van der Waals surface area contributed by atoms with Crippen molar-refractivity contribution in [1.82, 2.24) is 0 Å². The maximum atomic E-state index is 12.5. The van der Waals surface area contributed by atoms with Crippen molar-refractivity contribution in [1.29, 1.82) is 0 Å². The fraction of sp³-hybridized carbons (Fsp3) is 0.667. The number of allylic oxidation sites excluding steroid dienone is 4. The summed E-state index contributed by atoms with van der Waals surface area (Å²) in [5.41, 5.74) is 1.26. The molecule has 0 aromatic heterocycles. The minimum absolute atomic E-state index is 0.232. The highest BCUT2D eigenvalue weighted by atomic mass is 16.4. The summed E-state index contributed by atoms with van der Waals surface area (Å²) in [7, 11) is 0. The number of hydrogen-bond acceptors (Lipinski definition) is 4. The smallest absolute Gasteiger partial charge is 0.327 e. The highest BCUT2D eigenvalue weighted by molar-refractivity contribution is 5.80. The summed E-state index contributed by atoms with van der Waals surface area (Å²) in [4.78, 5) is 23.7. The van der Waals surface area contributed by atoms with Crippen molar-refractivity contribution >= 4 is 11.9 Å². The zero-order valence-corrected chi connectivity index (χ0v) is 22.3. The van der Waals surface area contributed by atoms with Crippen LogP contribution in [0, 0.1) is 23.7 Å². The van der Waals surface area contributed by atoms with Crippen molar-refractivity contribution in [2.75, 3.05) is 13.2 Å². The second-order valence-electron chi connectivity index (χ2n) is 9.94. The first-order valence-corrected chi connectivity index (χ1v) is 13.8. The third kappa shape index (κ3) is 11.7. The molecule has 1 aliphatic rings. The molecule has 4 atom stereocenters. The predicted octanol–water partition coefficient (Wildman–Crippen LogP) is 6.30. The van der Waals surface area contributed by atoms with Gasteiger partial charge in [0.05, 0.1) is 19.1 Å². The number of carboxylic acid groups (broad SMARTS) is 2. The summed E-state index contributed by atoms with van der Waals surface area (Å²) < 4.78 is 0. The monoisotopic (exact) mass is 504 g/mol. The highest BCUT2D eigenvalue weighted by Crippen LogP contribution is 2.43. The maximum Gasteiger partial charge on any atom is 0.327 e. The van der Waals surface area contributed by atoms with E-state index in [2.05, 4.69) is 13.8 Å². The summed E-state index contributed by atoms with van der Waals surface area (Å²) in [6, 6.07) is 0. The van der Waals surface area contributed by atoms with Gasteiger partial charge in [-0.2, -0.15) is 0 Å². The molecule has 204 valence electrons. The van der Waals surface area contributed by atoms with Gasteiger partial charge in [0, 0.05) is 17.9 Å². The van der Waals surface area contributed by atoms with E-state index in [1.165, 1.54) is 25.3 Å². The lowest BCUT2D eigenvalue weighted by molar-refractivity contribution is -0.145. The third-order valence-electron chi connectivity index (χ3n) is 7.10. The van der Waals surface area contributed by atoms with Crippen molar-refractivity contribution in [3.63, 3.8) is 0 Å². The van der Waals surface area contributed by atoms with Crippen molar-refractivity contribution in [2.24, 2.45) is 23.7 Å². The van der Waals surface area contributed by atoms with Crippen LogP contribution in [-0.4, -0.2) is 45.6 Å². The van der Waals surface area contributed by atoms with E-state index < -0.39 is 29.7 Å². The van der Waals surface area contributed by atoms with Crippen LogP contribution in [0.2, 0.25) is 0 Å². The SMILES string of the molecule is CCCCCCC/C=C/C(=C/[C@H]1[C@H](C(=O)O)[C@H](CCCCCCC)C=C(CO)[C@@H]1/C=C/C(=O)O)CO. The number of aliphatic hydroxyl groups is 2. The molecule has 0 aliphatic heterocycles. The molecular weight excluding hydrogens is 456 g/mol. The van der Waals surface area contributed by atoms with Crippen LogP contribution in [0.5, 0.6) is 0 Å². The van der Waals surface area contributed by atoms with Gasteiger partial charge in [-0.3, -0.25) is 4.79 Å². The number of hydrogen-bond donors (Lipinski definition) is 4. The molecule has 0 unspecified atom stereocenters. The van der Waals surface area contributed by atoms with Gasteiger partial charge in [-0.25, -0.2) is 4.79 Å². The van der Waals surface area contributed by atoms with E-state index in [0.29, 0.717) is 17.6 Å². The Labute approximate surface area is 217 Å². The Balaban J connectivity index is 3.22. The van der Waals surface area contributed by atoms with E-state index in [1.54, 1.807) is 6.08 Å². The Hall–Kier alpha value is -2.18. The summed E-state index contributed by atoms with van der Waals surface area (Å²) in [6.45, 7) is 3.84. The molecule has 36 heavy (non-hydrogen) atoms. The number of unbranched alkanes of at least 4 members (excludes halogenated alkanes) is 9. The average Bonchev–Trinajstić information content (AvgIpc) is 2.85. The molecule has 0 saturated heterocycles. The van der Waals surface area contributed by atoms with Crippen LogP contribution in [-0.2, 0) is 9.59 Å². The average molecular weight is 505 g/mol. The van der Waals surface area contributed by atoms with E-state index in [9.17, 15) is 30.0 Å². The standard InChI is InChI=1S/C30H48O6/c1-3-5-7-9-10-12-13-15-23(21-31)19-27-26(17-18-28(33)34)25(22-32)20-24(29(27)30(35)36)16-14-11-8-6-4-2/h13,15,17-20,24,26-27,29,31-32H,3-12,14,16,21-22H2,1-2H3,(H,33,34)(H,35,36)/b15-13+,18-17+,23-19-/t24-,26+,27-,29-/m1/s1. The molecule has 0 radical (unpaired) electrons. The summed E-state index contributed by atoms with van der Waals surface area (Å²) in [5, 5.41) is 39.6. The van der Waals surface area contributed by atoms with Gasteiger partial charge >= 0.3 is 11.9 Å². The van der Waals surface area contributed by atoms with E-state index >= 15 is 0 Å². The third-order valence-corrected chi connectivity index (χ3v) is 7.10. The van der Waals surface area contributed by atoms with Gasteiger partial charge in [0.15, 0.2) is 0 Å². The van der Waals surface area contributed by atoms with E-state index in [1.807, 2.05) is 18.2 Å². The fourth-order valence-electron chi connectivity index (χ4n) is 5.15. The van der Waals surface area contributed by atoms with Crippen molar-refractivity contribution in [2.45, 2.75) is 90.9 Å². The molecule has 4 N–H and O–H groups in total. The fourth-order valence-corrected chi connectivity index (χ4v) is 5.15. The van der Waals surface area contributed by atoms with E-state index in [4.69, 9.17) is 0 Å². The van der Waals surface area contributed by atoms with Gasteiger partial charge in [0.1, 0.15) is 0 Å². The molecule has 0 amide bonds. The van der Waals surface area contributed by atoms with E-state index in [0.717, 1.165) is 57.4 Å². The van der Waals surface area contributed by atoms with Crippen LogP contribution in [0.4, 0.5) is 0 Å². The van der Waals surface area contributed by atoms with Gasteiger partial charge in [-0.05, 0) is 36.3 Å². The van der Waals surface area contributed by atoms with Gasteiger partial charge in [0.25, 0.3) is 0 Å². The molecular formula is C30H48O6. The number of carboxylic acids is 2.